The molecule has 7 heteroatoms. The maximum atomic E-state index is 12.8. The third-order valence-corrected chi connectivity index (χ3v) is 5.73. The molecule has 2 aromatic heterocycles. The van der Waals surface area contributed by atoms with E-state index in [-0.39, 0.29) is 12.1 Å². The fourth-order valence-corrected chi connectivity index (χ4v) is 4.13. The minimum atomic E-state index is 0.206. The van der Waals surface area contributed by atoms with Crippen molar-refractivity contribution in [1.29, 1.82) is 0 Å². The number of nitrogens with one attached hydrogen (secondary N) is 1. The Morgan fingerprint density at radius 3 is 2.84 bits per heavy atom. The van der Waals surface area contributed by atoms with Crippen LogP contribution in [0.15, 0.2) is 18.6 Å². The van der Waals surface area contributed by atoms with Crippen LogP contribution in [-0.2, 0) is 0 Å². The zero-order chi connectivity index (χ0) is 17.4. The highest BCUT2D eigenvalue weighted by atomic mass is 16.2. The summed E-state index contributed by atoms with van der Waals surface area (Å²) < 4.78 is 0. The highest BCUT2D eigenvalue weighted by Crippen LogP contribution is 2.29. The quantitative estimate of drug-likeness (QED) is 0.909. The van der Waals surface area contributed by atoms with Crippen molar-refractivity contribution < 1.29 is 4.79 Å². The van der Waals surface area contributed by atoms with Gasteiger partial charge in [0.25, 0.3) is 0 Å². The molecule has 0 unspecified atom stereocenters. The fraction of sp³-hybridized carbons (Fsp3) is 0.611. The summed E-state index contributed by atoms with van der Waals surface area (Å²) in [6, 6.07) is 2.48. The number of hydrogen-bond donors (Lipinski definition) is 1. The van der Waals surface area contributed by atoms with Gasteiger partial charge in [0.2, 0.25) is 0 Å². The van der Waals surface area contributed by atoms with Crippen LogP contribution in [0.3, 0.4) is 0 Å². The molecule has 134 valence electrons. The van der Waals surface area contributed by atoms with E-state index in [1.165, 1.54) is 0 Å². The van der Waals surface area contributed by atoms with E-state index < -0.39 is 0 Å². The van der Waals surface area contributed by atoms with Gasteiger partial charge in [0.05, 0.1) is 11.4 Å². The summed E-state index contributed by atoms with van der Waals surface area (Å²) in [6.45, 7) is 5.68. The molecule has 2 fully saturated rings. The number of likely N-dealkylation sites (tertiary alicyclic amines) is 2. The lowest BCUT2D eigenvalue weighted by Crippen LogP contribution is -2.55. The molecular weight excluding hydrogens is 316 g/mol. The molecule has 7 nitrogen and oxygen atoms in total. The van der Waals surface area contributed by atoms with Crippen molar-refractivity contribution in [2.24, 2.45) is 5.92 Å². The first-order valence-corrected chi connectivity index (χ1v) is 9.20. The Kier molecular flexibility index (Phi) is 4.23. The Bertz CT molecular complexity index is 753. The number of fused-ring (bicyclic) bond motifs is 1. The Morgan fingerprint density at radius 2 is 2.04 bits per heavy atom. The van der Waals surface area contributed by atoms with E-state index in [0.717, 1.165) is 62.3 Å². The third-order valence-electron chi connectivity index (χ3n) is 5.73. The molecule has 4 rings (SSSR count). The van der Waals surface area contributed by atoms with Crippen molar-refractivity contribution in [3.05, 3.63) is 18.6 Å². The number of aromatic nitrogens is 3. The summed E-state index contributed by atoms with van der Waals surface area (Å²) in [4.78, 5) is 31.0. The maximum absolute atomic E-state index is 12.8. The summed E-state index contributed by atoms with van der Waals surface area (Å²) in [6.07, 6.45) is 6.78. The van der Waals surface area contributed by atoms with Gasteiger partial charge in [-0.15, -0.1) is 0 Å². The van der Waals surface area contributed by atoms with Gasteiger partial charge in [-0.05, 0) is 31.2 Å². The Labute approximate surface area is 148 Å². The van der Waals surface area contributed by atoms with Crippen LogP contribution in [0.1, 0.15) is 26.2 Å². The number of hydrogen-bond acceptors (Lipinski definition) is 4. The second-order valence-corrected chi connectivity index (χ2v) is 7.30. The highest BCUT2D eigenvalue weighted by Gasteiger charge is 2.34. The standard InChI is InChI=1S/C18H26N6O/c1-13-6-10-24(18(25)23-8-3-4-9-23)11-15(13)22(2)17-14-5-7-19-16(14)20-12-21-17/h5,7,12-13,15H,3-4,6,8-11H2,1-2H3,(H,19,20,21)/t13-,15-/m1/s1. The number of carbonyl (C=O) groups is 1. The molecule has 2 amide bonds. The molecule has 2 atom stereocenters. The van der Waals surface area contributed by atoms with Crippen LogP contribution in [0.25, 0.3) is 11.0 Å². The number of nitrogens with zero attached hydrogens (tertiary/aromatic N) is 5. The Hall–Kier alpha value is -2.31. The van der Waals surface area contributed by atoms with Gasteiger partial charge in [-0.2, -0.15) is 0 Å². The molecule has 0 aromatic carbocycles. The van der Waals surface area contributed by atoms with Gasteiger partial charge in [0, 0.05) is 39.4 Å². The van der Waals surface area contributed by atoms with E-state index in [1.807, 2.05) is 22.1 Å². The first-order valence-electron chi connectivity index (χ1n) is 9.20. The zero-order valence-corrected chi connectivity index (χ0v) is 15.0. The second-order valence-electron chi connectivity index (χ2n) is 7.30. The smallest absolute Gasteiger partial charge is 0.320 e. The second kappa shape index (κ2) is 6.54. The number of likely N-dealkylation sites (N-methyl/N-ethyl adjacent to an activating group) is 1. The molecule has 0 bridgehead atoms. The van der Waals surface area contributed by atoms with Gasteiger partial charge in [-0.1, -0.05) is 6.92 Å². The molecule has 0 radical (unpaired) electrons. The zero-order valence-electron chi connectivity index (χ0n) is 15.0. The van der Waals surface area contributed by atoms with Crippen molar-refractivity contribution in [2.45, 2.75) is 32.2 Å². The van der Waals surface area contributed by atoms with Crippen LogP contribution < -0.4 is 4.90 Å². The Morgan fingerprint density at radius 1 is 1.24 bits per heavy atom. The van der Waals surface area contributed by atoms with Crippen LogP contribution in [0.4, 0.5) is 10.6 Å². The predicted octanol–water partition coefficient (Wildman–Crippen LogP) is 2.32. The van der Waals surface area contributed by atoms with Crippen molar-refractivity contribution in [2.75, 3.05) is 38.1 Å². The minimum Gasteiger partial charge on any atom is -0.354 e. The van der Waals surface area contributed by atoms with E-state index in [1.54, 1.807) is 6.33 Å². The molecule has 0 aliphatic carbocycles. The molecule has 2 aromatic rings. The maximum Gasteiger partial charge on any atom is 0.320 e. The number of anilines is 1. The van der Waals surface area contributed by atoms with Gasteiger partial charge in [0.1, 0.15) is 17.8 Å². The number of urea groups is 1. The lowest BCUT2D eigenvalue weighted by Gasteiger charge is -2.43. The Balaban J connectivity index is 1.55. The predicted molar refractivity (Wildman–Crippen MR) is 97.6 cm³/mol. The van der Waals surface area contributed by atoms with Crippen LogP contribution >= 0.6 is 0 Å². The molecule has 4 heterocycles. The van der Waals surface area contributed by atoms with E-state index in [4.69, 9.17) is 0 Å². The largest absolute Gasteiger partial charge is 0.354 e. The number of piperidine rings is 1. The van der Waals surface area contributed by atoms with Gasteiger partial charge in [-0.3, -0.25) is 0 Å². The average molecular weight is 342 g/mol. The van der Waals surface area contributed by atoms with Crippen molar-refractivity contribution in [3.63, 3.8) is 0 Å². The molecule has 2 aliphatic rings. The van der Waals surface area contributed by atoms with Gasteiger partial charge < -0.3 is 19.7 Å². The van der Waals surface area contributed by atoms with E-state index >= 15 is 0 Å². The number of carbonyl (C=O) groups excluding carboxylic acids is 1. The van der Waals surface area contributed by atoms with Crippen molar-refractivity contribution >= 4 is 22.9 Å². The van der Waals surface area contributed by atoms with E-state index in [2.05, 4.69) is 33.8 Å². The van der Waals surface area contributed by atoms with Crippen LogP contribution in [0.2, 0.25) is 0 Å². The minimum absolute atomic E-state index is 0.206. The molecule has 0 saturated carbocycles. The monoisotopic (exact) mass is 342 g/mol. The number of aromatic amines is 1. The van der Waals surface area contributed by atoms with Crippen LogP contribution in [0.5, 0.6) is 0 Å². The third kappa shape index (κ3) is 2.92. The first-order chi connectivity index (χ1) is 12.1. The van der Waals surface area contributed by atoms with Gasteiger partial charge >= 0.3 is 6.03 Å². The van der Waals surface area contributed by atoms with Crippen molar-refractivity contribution in [1.82, 2.24) is 24.8 Å². The molecule has 2 aliphatic heterocycles. The molecule has 25 heavy (non-hydrogen) atoms. The molecular formula is C18H26N6O. The lowest BCUT2D eigenvalue weighted by atomic mass is 9.92. The summed E-state index contributed by atoms with van der Waals surface area (Å²) in [5.41, 5.74) is 0.852. The highest BCUT2D eigenvalue weighted by molar-refractivity contribution is 5.87. The number of H-pyrrole nitrogens is 1. The van der Waals surface area contributed by atoms with Gasteiger partial charge in [-0.25, -0.2) is 14.8 Å². The van der Waals surface area contributed by atoms with E-state index in [9.17, 15) is 4.79 Å². The molecule has 2 saturated heterocycles. The molecule has 0 spiro atoms. The SMILES string of the molecule is C[C@@H]1CCN(C(=O)N2CCCC2)C[C@H]1N(C)c1ncnc2[nH]ccc12. The summed E-state index contributed by atoms with van der Waals surface area (Å²) in [5.74, 6) is 1.44. The number of amides is 2. The van der Waals surface area contributed by atoms with Gasteiger partial charge in [0.15, 0.2) is 0 Å². The topological polar surface area (TPSA) is 68.4 Å². The fourth-order valence-electron chi connectivity index (χ4n) is 4.13. The van der Waals surface area contributed by atoms with E-state index in [0.29, 0.717) is 5.92 Å². The average Bonchev–Trinajstić information content (AvgIpc) is 3.32. The molecule has 1 N–H and O–H groups in total. The van der Waals surface area contributed by atoms with Crippen LogP contribution in [-0.4, -0.2) is 70.1 Å². The summed E-state index contributed by atoms with van der Waals surface area (Å²) >= 11 is 0. The lowest BCUT2D eigenvalue weighted by molar-refractivity contribution is 0.133. The summed E-state index contributed by atoms with van der Waals surface area (Å²) in [5, 5.41) is 1.03. The van der Waals surface area contributed by atoms with Crippen LogP contribution in [0, 0.1) is 5.92 Å². The first kappa shape index (κ1) is 16.2. The summed E-state index contributed by atoms with van der Waals surface area (Å²) in [7, 11) is 2.08. The number of rotatable bonds is 2. The normalized spacial score (nSPS) is 24.1. The van der Waals surface area contributed by atoms with Crippen molar-refractivity contribution in [3.8, 4) is 0 Å².